The predicted octanol–water partition coefficient (Wildman–Crippen LogP) is 9.08. The zero-order valence-corrected chi connectivity index (χ0v) is 19.8. The topological polar surface area (TPSA) is 9.23 Å². The van der Waals surface area contributed by atoms with Crippen LogP contribution in [0.2, 0.25) is 0 Å². The molecular formula is C29H46O. The first-order valence-corrected chi connectivity index (χ1v) is 13.2. The lowest BCUT2D eigenvalue weighted by atomic mass is 9.69. The van der Waals surface area contributed by atoms with E-state index in [9.17, 15) is 0 Å². The van der Waals surface area contributed by atoms with Gasteiger partial charge in [-0.1, -0.05) is 83.1 Å². The molecule has 0 aliphatic heterocycles. The summed E-state index contributed by atoms with van der Waals surface area (Å²) in [6.07, 6.45) is 24.2. The van der Waals surface area contributed by atoms with Crippen LogP contribution in [0.5, 0.6) is 5.75 Å². The predicted molar refractivity (Wildman–Crippen MR) is 130 cm³/mol. The Morgan fingerprint density at radius 1 is 0.833 bits per heavy atom. The largest absolute Gasteiger partial charge is 0.494 e. The molecule has 0 aromatic heterocycles. The van der Waals surface area contributed by atoms with Crippen LogP contribution < -0.4 is 4.74 Å². The smallest absolute Gasteiger partial charge is 0.119 e. The quantitative estimate of drug-likeness (QED) is 0.246. The Kier molecular flexibility index (Phi) is 10.3. The van der Waals surface area contributed by atoms with Crippen molar-refractivity contribution < 1.29 is 4.74 Å². The van der Waals surface area contributed by atoms with E-state index in [2.05, 4.69) is 50.3 Å². The number of benzene rings is 1. The van der Waals surface area contributed by atoms with Gasteiger partial charge in [-0.25, -0.2) is 0 Å². The van der Waals surface area contributed by atoms with Crippen LogP contribution in [-0.2, 0) is 0 Å². The molecule has 168 valence electrons. The molecule has 1 fully saturated rings. The third kappa shape index (κ3) is 7.47. The van der Waals surface area contributed by atoms with Crippen LogP contribution in [0.15, 0.2) is 36.4 Å². The molecule has 1 nitrogen and oxygen atoms in total. The molecule has 0 N–H and O–H groups in total. The molecule has 2 aliphatic carbocycles. The fourth-order valence-corrected chi connectivity index (χ4v) is 5.80. The first-order chi connectivity index (χ1) is 14.8. The fourth-order valence-electron chi connectivity index (χ4n) is 5.80. The lowest BCUT2D eigenvalue weighted by Crippen LogP contribution is -2.23. The van der Waals surface area contributed by atoms with Crippen molar-refractivity contribution in [1.29, 1.82) is 0 Å². The molecule has 1 aromatic carbocycles. The van der Waals surface area contributed by atoms with E-state index in [1.807, 2.05) is 0 Å². The van der Waals surface area contributed by atoms with Crippen molar-refractivity contribution in [1.82, 2.24) is 0 Å². The maximum Gasteiger partial charge on any atom is 0.119 e. The first-order valence-electron chi connectivity index (χ1n) is 13.2. The Hall–Kier alpha value is -1.24. The molecule has 1 saturated carbocycles. The third-order valence-corrected chi connectivity index (χ3v) is 7.67. The van der Waals surface area contributed by atoms with E-state index in [1.165, 1.54) is 83.5 Å². The minimum absolute atomic E-state index is 0.739. The lowest BCUT2D eigenvalue weighted by Gasteiger charge is -2.36. The van der Waals surface area contributed by atoms with Gasteiger partial charge in [0, 0.05) is 0 Å². The van der Waals surface area contributed by atoms with Gasteiger partial charge in [0.05, 0.1) is 6.61 Å². The number of ether oxygens (including phenoxy) is 1. The summed E-state index contributed by atoms with van der Waals surface area (Å²) in [7, 11) is 0. The molecule has 30 heavy (non-hydrogen) atoms. The summed E-state index contributed by atoms with van der Waals surface area (Å²) in [5.74, 6) is 4.53. The molecule has 0 spiro atoms. The highest BCUT2D eigenvalue weighted by Gasteiger charge is 2.30. The Morgan fingerprint density at radius 2 is 1.63 bits per heavy atom. The summed E-state index contributed by atoms with van der Waals surface area (Å²) in [6.45, 7) is 5.30. The summed E-state index contributed by atoms with van der Waals surface area (Å²) in [4.78, 5) is 0. The second-order valence-corrected chi connectivity index (χ2v) is 10.0. The van der Waals surface area contributed by atoms with Gasteiger partial charge in [0.1, 0.15) is 5.75 Å². The highest BCUT2D eigenvalue weighted by molar-refractivity contribution is 5.30. The van der Waals surface area contributed by atoms with Crippen LogP contribution in [0.4, 0.5) is 0 Å². The summed E-state index contributed by atoms with van der Waals surface area (Å²) in [5.41, 5.74) is 1.57. The Bertz CT molecular complexity index is 593. The minimum atomic E-state index is 0.739. The molecule has 2 atom stereocenters. The molecule has 1 heteroatoms. The van der Waals surface area contributed by atoms with E-state index in [0.29, 0.717) is 0 Å². The maximum absolute atomic E-state index is 5.85. The van der Waals surface area contributed by atoms with E-state index >= 15 is 0 Å². The number of allylic oxidation sites excluding steroid dienone is 2. The Morgan fingerprint density at radius 3 is 2.30 bits per heavy atom. The van der Waals surface area contributed by atoms with Gasteiger partial charge in [0.25, 0.3) is 0 Å². The molecule has 0 saturated heterocycles. The van der Waals surface area contributed by atoms with Crippen LogP contribution in [0, 0.1) is 17.8 Å². The summed E-state index contributed by atoms with van der Waals surface area (Å²) < 4.78 is 5.85. The van der Waals surface area contributed by atoms with Crippen molar-refractivity contribution in [3.63, 3.8) is 0 Å². The first kappa shape index (κ1) is 23.4. The summed E-state index contributed by atoms with van der Waals surface area (Å²) in [6, 6.07) is 9.20. The van der Waals surface area contributed by atoms with Crippen LogP contribution >= 0.6 is 0 Å². The van der Waals surface area contributed by atoms with Gasteiger partial charge in [0.2, 0.25) is 0 Å². The van der Waals surface area contributed by atoms with Gasteiger partial charge in [-0.05, 0) is 86.3 Å². The Balaban J connectivity index is 1.59. The van der Waals surface area contributed by atoms with Crippen LogP contribution in [0.1, 0.15) is 115 Å². The molecule has 2 aliphatic rings. The maximum atomic E-state index is 5.85. The molecule has 0 radical (unpaired) electrons. The van der Waals surface area contributed by atoms with Crippen molar-refractivity contribution in [3.05, 3.63) is 42.0 Å². The molecule has 0 heterocycles. The zero-order valence-electron chi connectivity index (χ0n) is 19.8. The molecule has 0 bridgehead atoms. The van der Waals surface area contributed by atoms with E-state index < -0.39 is 0 Å². The standard InChI is InChI=1S/C29H46O/c1-3-5-6-8-11-24-14-16-26(17-15-24)29(23-25-12-9-7-10-13-25)27-18-20-28(21-19-27)30-22-4-2/h7,9,18-21,24-26,29H,3-6,8,10-17,22-23H2,1-2H3. The van der Waals surface area contributed by atoms with Crippen molar-refractivity contribution in [2.45, 2.75) is 110 Å². The summed E-state index contributed by atoms with van der Waals surface area (Å²) in [5, 5.41) is 0. The SMILES string of the molecule is CCCCCCC1CCC(C(CC2CC=CCC2)c2ccc(OCCC)cc2)CC1. The zero-order chi connectivity index (χ0) is 21.0. The number of hydrogen-bond acceptors (Lipinski definition) is 1. The van der Waals surface area contributed by atoms with Crippen molar-refractivity contribution in [3.8, 4) is 5.75 Å². The fraction of sp³-hybridized carbons (Fsp3) is 0.724. The summed E-state index contributed by atoms with van der Waals surface area (Å²) >= 11 is 0. The molecule has 0 amide bonds. The second kappa shape index (κ2) is 13.2. The van der Waals surface area contributed by atoms with Gasteiger partial charge in [-0.15, -0.1) is 0 Å². The van der Waals surface area contributed by atoms with Gasteiger partial charge >= 0.3 is 0 Å². The van der Waals surface area contributed by atoms with Crippen LogP contribution in [0.3, 0.4) is 0 Å². The van der Waals surface area contributed by atoms with E-state index in [1.54, 1.807) is 5.56 Å². The Labute approximate surface area is 186 Å². The van der Waals surface area contributed by atoms with Gasteiger partial charge < -0.3 is 4.74 Å². The van der Waals surface area contributed by atoms with Gasteiger partial charge in [-0.3, -0.25) is 0 Å². The van der Waals surface area contributed by atoms with Crippen molar-refractivity contribution in [2.24, 2.45) is 17.8 Å². The third-order valence-electron chi connectivity index (χ3n) is 7.67. The van der Waals surface area contributed by atoms with Crippen LogP contribution in [-0.4, -0.2) is 6.61 Å². The number of rotatable bonds is 12. The van der Waals surface area contributed by atoms with Gasteiger partial charge in [0.15, 0.2) is 0 Å². The monoisotopic (exact) mass is 410 g/mol. The van der Waals surface area contributed by atoms with E-state index in [-0.39, 0.29) is 0 Å². The molecular weight excluding hydrogens is 364 g/mol. The molecule has 1 aromatic rings. The molecule has 3 rings (SSSR count). The van der Waals surface area contributed by atoms with Crippen molar-refractivity contribution >= 4 is 0 Å². The lowest BCUT2D eigenvalue weighted by molar-refractivity contribution is 0.209. The van der Waals surface area contributed by atoms with Crippen LogP contribution in [0.25, 0.3) is 0 Å². The average molecular weight is 411 g/mol. The van der Waals surface area contributed by atoms with E-state index in [0.717, 1.165) is 42.4 Å². The highest BCUT2D eigenvalue weighted by atomic mass is 16.5. The van der Waals surface area contributed by atoms with Gasteiger partial charge in [-0.2, -0.15) is 0 Å². The van der Waals surface area contributed by atoms with Crippen molar-refractivity contribution in [2.75, 3.05) is 6.61 Å². The highest BCUT2D eigenvalue weighted by Crippen LogP contribution is 2.44. The number of unbranched alkanes of at least 4 members (excludes halogenated alkanes) is 3. The van der Waals surface area contributed by atoms with E-state index in [4.69, 9.17) is 4.74 Å². The minimum Gasteiger partial charge on any atom is -0.494 e. The average Bonchev–Trinajstić information content (AvgIpc) is 2.81. The molecule has 2 unspecified atom stereocenters. The second-order valence-electron chi connectivity index (χ2n) is 10.0. The normalized spacial score (nSPS) is 25.2. The number of hydrogen-bond donors (Lipinski definition) is 0.